The second-order valence-corrected chi connectivity index (χ2v) is 8.88. The Bertz CT molecular complexity index is 727. The van der Waals surface area contributed by atoms with E-state index >= 15 is 0 Å². The summed E-state index contributed by atoms with van der Waals surface area (Å²) < 4.78 is 0. The Labute approximate surface area is 191 Å². The largest absolute Gasteiger partial charge is 0.369 e. The molecular weight excluding hydrogens is 412 g/mol. The van der Waals surface area contributed by atoms with Crippen molar-refractivity contribution in [1.82, 2.24) is 20.4 Å². The molecule has 31 heavy (non-hydrogen) atoms. The van der Waals surface area contributed by atoms with Gasteiger partial charge in [0.1, 0.15) is 0 Å². The third kappa shape index (κ3) is 7.28. The van der Waals surface area contributed by atoms with E-state index in [0.29, 0.717) is 12.3 Å². The van der Waals surface area contributed by atoms with Gasteiger partial charge in [0.05, 0.1) is 0 Å². The van der Waals surface area contributed by atoms with Gasteiger partial charge in [0, 0.05) is 77.0 Å². The topological polar surface area (TPSA) is 63.2 Å². The van der Waals surface area contributed by atoms with Crippen molar-refractivity contribution in [3.63, 3.8) is 0 Å². The standard InChI is InChI=1S/C23H37ClN6O/c1-25-22(31)17-19-7-11-30(12-8-19)23(26-2)27-9-4-10-28-13-15-29(16-14-28)21-6-3-5-20(24)18-21/h3,5-6,18-19H,4,7-17H2,1-2H3,(H,25,31)(H,26,27). The summed E-state index contributed by atoms with van der Waals surface area (Å²) >= 11 is 6.13. The van der Waals surface area contributed by atoms with Crippen LogP contribution in [0.5, 0.6) is 0 Å². The van der Waals surface area contributed by atoms with E-state index in [4.69, 9.17) is 11.6 Å². The number of likely N-dealkylation sites (tertiary alicyclic amines) is 1. The number of carbonyl (C=O) groups excluding carboxylic acids is 1. The monoisotopic (exact) mass is 448 g/mol. The maximum atomic E-state index is 11.6. The molecule has 2 N–H and O–H groups in total. The number of hydrogen-bond acceptors (Lipinski definition) is 4. The summed E-state index contributed by atoms with van der Waals surface area (Å²) in [4.78, 5) is 23.3. The number of guanidine groups is 1. The van der Waals surface area contributed by atoms with Crippen LogP contribution in [0.25, 0.3) is 0 Å². The van der Waals surface area contributed by atoms with Crippen molar-refractivity contribution < 1.29 is 4.79 Å². The zero-order chi connectivity index (χ0) is 22.1. The number of anilines is 1. The minimum Gasteiger partial charge on any atom is -0.369 e. The van der Waals surface area contributed by atoms with E-state index in [1.165, 1.54) is 5.69 Å². The zero-order valence-corrected chi connectivity index (χ0v) is 19.7. The number of carbonyl (C=O) groups is 1. The number of amides is 1. The van der Waals surface area contributed by atoms with E-state index in [2.05, 4.69) is 36.4 Å². The van der Waals surface area contributed by atoms with Crippen LogP contribution in [0.15, 0.2) is 29.3 Å². The second kappa shape index (κ2) is 12.2. The lowest BCUT2D eigenvalue weighted by atomic mass is 9.93. The van der Waals surface area contributed by atoms with Crippen LogP contribution in [0.2, 0.25) is 5.02 Å². The molecule has 2 aliphatic heterocycles. The van der Waals surface area contributed by atoms with E-state index in [0.717, 1.165) is 82.6 Å². The molecular formula is C23H37ClN6O. The Morgan fingerprint density at radius 2 is 1.90 bits per heavy atom. The SMILES string of the molecule is CN=C(NCCCN1CCN(c2cccc(Cl)c2)CC1)N1CCC(CC(=O)NC)CC1. The van der Waals surface area contributed by atoms with Crippen LogP contribution in [-0.4, -0.2) is 88.1 Å². The first-order valence-electron chi connectivity index (χ1n) is 11.5. The molecule has 1 aromatic carbocycles. The first kappa shape index (κ1) is 23.7. The summed E-state index contributed by atoms with van der Waals surface area (Å²) in [7, 11) is 3.57. The second-order valence-electron chi connectivity index (χ2n) is 8.44. The Hall–Kier alpha value is -1.99. The fraction of sp³-hybridized carbons (Fsp3) is 0.652. The number of halogens is 1. The number of hydrogen-bond donors (Lipinski definition) is 2. The molecule has 2 aliphatic rings. The maximum absolute atomic E-state index is 11.6. The first-order valence-corrected chi connectivity index (χ1v) is 11.9. The average molecular weight is 449 g/mol. The van der Waals surface area contributed by atoms with E-state index in [1.807, 2.05) is 25.2 Å². The molecule has 2 heterocycles. The molecule has 7 nitrogen and oxygen atoms in total. The van der Waals surface area contributed by atoms with E-state index in [-0.39, 0.29) is 5.91 Å². The van der Waals surface area contributed by atoms with Gasteiger partial charge >= 0.3 is 0 Å². The third-order valence-corrected chi connectivity index (χ3v) is 6.59. The predicted molar refractivity (Wildman–Crippen MR) is 129 cm³/mol. The number of nitrogens with one attached hydrogen (secondary N) is 2. The quantitative estimate of drug-likeness (QED) is 0.380. The van der Waals surface area contributed by atoms with Gasteiger partial charge in [0.25, 0.3) is 0 Å². The maximum Gasteiger partial charge on any atom is 0.220 e. The summed E-state index contributed by atoms with van der Waals surface area (Å²) in [5.74, 6) is 1.62. The Balaban J connectivity index is 1.31. The summed E-state index contributed by atoms with van der Waals surface area (Å²) in [6, 6.07) is 8.13. The Morgan fingerprint density at radius 3 is 2.55 bits per heavy atom. The Morgan fingerprint density at radius 1 is 1.16 bits per heavy atom. The van der Waals surface area contributed by atoms with Gasteiger partial charge in [0.15, 0.2) is 5.96 Å². The molecule has 1 amide bonds. The number of aliphatic imine (C=N–C) groups is 1. The molecule has 0 aliphatic carbocycles. The molecule has 0 unspecified atom stereocenters. The van der Waals surface area contributed by atoms with Crippen LogP contribution in [0.4, 0.5) is 5.69 Å². The van der Waals surface area contributed by atoms with Gasteiger partial charge in [-0.15, -0.1) is 0 Å². The van der Waals surface area contributed by atoms with Crippen LogP contribution in [0.3, 0.4) is 0 Å². The lowest BCUT2D eigenvalue weighted by molar-refractivity contribution is -0.121. The van der Waals surface area contributed by atoms with Crippen molar-refractivity contribution in [2.45, 2.75) is 25.7 Å². The highest BCUT2D eigenvalue weighted by atomic mass is 35.5. The number of rotatable bonds is 7. The number of piperazine rings is 1. The lowest BCUT2D eigenvalue weighted by Gasteiger charge is -2.36. The van der Waals surface area contributed by atoms with Crippen LogP contribution in [0.1, 0.15) is 25.7 Å². The van der Waals surface area contributed by atoms with Crippen LogP contribution >= 0.6 is 11.6 Å². The zero-order valence-electron chi connectivity index (χ0n) is 18.9. The van der Waals surface area contributed by atoms with Crippen LogP contribution < -0.4 is 15.5 Å². The van der Waals surface area contributed by atoms with E-state index in [1.54, 1.807) is 7.05 Å². The lowest BCUT2D eigenvalue weighted by Crippen LogP contribution is -2.48. The summed E-state index contributed by atoms with van der Waals surface area (Å²) in [6.07, 6.45) is 3.83. The van der Waals surface area contributed by atoms with Gasteiger partial charge in [-0.25, -0.2) is 0 Å². The number of nitrogens with zero attached hydrogens (tertiary/aromatic N) is 4. The number of benzene rings is 1. The van der Waals surface area contributed by atoms with E-state index in [9.17, 15) is 4.79 Å². The highest BCUT2D eigenvalue weighted by molar-refractivity contribution is 6.30. The summed E-state index contributed by atoms with van der Waals surface area (Å²) in [6.45, 7) is 8.21. The van der Waals surface area contributed by atoms with Gasteiger partial charge in [-0.05, 0) is 49.9 Å². The third-order valence-electron chi connectivity index (χ3n) is 6.36. The van der Waals surface area contributed by atoms with Gasteiger partial charge in [-0.2, -0.15) is 0 Å². The van der Waals surface area contributed by atoms with Gasteiger partial charge in [0.2, 0.25) is 5.91 Å². The molecule has 0 atom stereocenters. The highest BCUT2D eigenvalue weighted by Crippen LogP contribution is 2.21. The highest BCUT2D eigenvalue weighted by Gasteiger charge is 2.23. The van der Waals surface area contributed by atoms with Crippen molar-refractivity contribution in [3.8, 4) is 0 Å². The molecule has 0 radical (unpaired) electrons. The minimum absolute atomic E-state index is 0.148. The van der Waals surface area contributed by atoms with Gasteiger partial charge in [-0.1, -0.05) is 17.7 Å². The predicted octanol–water partition coefficient (Wildman–Crippen LogP) is 2.28. The van der Waals surface area contributed by atoms with Crippen molar-refractivity contribution in [2.75, 3.05) is 71.4 Å². The smallest absolute Gasteiger partial charge is 0.220 e. The minimum atomic E-state index is 0.148. The van der Waals surface area contributed by atoms with Crippen molar-refractivity contribution in [2.24, 2.45) is 10.9 Å². The molecule has 172 valence electrons. The van der Waals surface area contributed by atoms with Crippen molar-refractivity contribution >= 4 is 29.2 Å². The summed E-state index contributed by atoms with van der Waals surface area (Å²) in [5.41, 5.74) is 1.22. The molecule has 2 saturated heterocycles. The molecule has 1 aromatic rings. The van der Waals surface area contributed by atoms with Crippen LogP contribution in [-0.2, 0) is 4.79 Å². The van der Waals surface area contributed by atoms with Gasteiger partial charge in [-0.3, -0.25) is 14.7 Å². The molecule has 3 rings (SSSR count). The Kier molecular flexibility index (Phi) is 9.28. The molecule has 0 saturated carbocycles. The molecule has 2 fully saturated rings. The van der Waals surface area contributed by atoms with Crippen molar-refractivity contribution in [3.05, 3.63) is 29.3 Å². The van der Waals surface area contributed by atoms with Gasteiger partial charge < -0.3 is 20.4 Å². The van der Waals surface area contributed by atoms with E-state index < -0.39 is 0 Å². The summed E-state index contributed by atoms with van der Waals surface area (Å²) in [5, 5.41) is 7.06. The first-order chi connectivity index (χ1) is 15.1. The fourth-order valence-corrected chi connectivity index (χ4v) is 4.64. The number of piperidine rings is 1. The van der Waals surface area contributed by atoms with Crippen molar-refractivity contribution in [1.29, 1.82) is 0 Å². The average Bonchev–Trinajstić information content (AvgIpc) is 2.80. The molecule has 0 spiro atoms. The molecule has 0 bridgehead atoms. The fourth-order valence-electron chi connectivity index (χ4n) is 4.45. The molecule has 8 heteroatoms. The van der Waals surface area contributed by atoms with Crippen LogP contribution in [0, 0.1) is 5.92 Å². The normalized spacial score (nSPS) is 18.9. The molecule has 0 aromatic heterocycles.